The molecule has 1 aromatic heterocycles. The number of ether oxygens (including phenoxy) is 1. The Labute approximate surface area is 148 Å². The van der Waals surface area contributed by atoms with Gasteiger partial charge in [-0.25, -0.2) is 4.79 Å². The summed E-state index contributed by atoms with van der Waals surface area (Å²) in [6, 6.07) is 11.3. The van der Waals surface area contributed by atoms with Gasteiger partial charge < -0.3 is 4.74 Å². The van der Waals surface area contributed by atoms with Crippen molar-refractivity contribution in [2.75, 3.05) is 7.11 Å². The van der Waals surface area contributed by atoms with Crippen molar-refractivity contribution in [3.05, 3.63) is 68.0 Å². The Hall–Kier alpha value is -1.55. The first-order valence-electron chi connectivity index (χ1n) is 7.04. The van der Waals surface area contributed by atoms with E-state index in [1.54, 1.807) is 23.5 Å². The van der Waals surface area contributed by atoms with Crippen molar-refractivity contribution in [1.82, 2.24) is 0 Å². The first kappa shape index (κ1) is 16.3. The lowest BCUT2D eigenvalue weighted by atomic mass is 10.0. The van der Waals surface area contributed by atoms with Gasteiger partial charge in [-0.2, -0.15) is 0 Å². The summed E-state index contributed by atoms with van der Waals surface area (Å²) in [5.41, 5.74) is 2.70. The SMILES string of the molecule is COC(=O)c1ccc2sc(C)c(Cc3cccc(Cl)c3Cl)c2c1. The largest absolute Gasteiger partial charge is 0.465 e. The molecule has 0 radical (unpaired) electrons. The number of thiophene rings is 1. The number of hydrogen-bond acceptors (Lipinski definition) is 3. The standard InChI is InChI=1S/C18H14Cl2O2S/c1-10-13(8-11-4-3-5-15(19)17(11)20)14-9-12(18(21)22-2)6-7-16(14)23-10/h3-7,9H,8H2,1-2H3. The second-order valence-electron chi connectivity index (χ2n) is 5.23. The van der Waals surface area contributed by atoms with Crippen LogP contribution < -0.4 is 0 Å². The van der Waals surface area contributed by atoms with Crippen LogP contribution in [0, 0.1) is 6.92 Å². The molecule has 0 fully saturated rings. The highest BCUT2D eigenvalue weighted by molar-refractivity contribution is 7.19. The van der Waals surface area contributed by atoms with Gasteiger partial charge in [0.2, 0.25) is 0 Å². The van der Waals surface area contributed by atoms with E-state index < -0.39 is 0 Å². The van der Waals surface area contributed by atoms with Crippen molar-refractivity contribution < 1.29 is 9.53 Å². The number of methoxy groups -OCH3 is 1. The van der Waals surface area contributed by atoms with E-state index in [1.165, 1.54) is 17.6 Å². The highest BCUT2D eigenvalue weighted by atomic mass is 35.5. The molecule has 2 nitrogen and oxygen atoms in total. The average molecular weight is 365 g/mol. The molecular weight excluding hydrogens is 351 g/mol. The zero-order valence-corrected chi connectivity index (χ0v) is 15.0. The molecule has 5 heteroatoms. The molecule has 0 aliphatic rings. The lowest BCUT2D eigenvalue weighted by Crippen LogP contribution is -2.00. The molecule has 0 saturated carbocycles. The van der Waals surface area contributed by atoms with Gasteiger partial charge in [-0.3, -0.25) is 0 Å². The Morgan fingerprint density at radius 2 is 2.00 bits per heavy atom. The molecule has 3 rings (SSSR count). The van der Waals surface area contributed by atoms with Crippen LogP contribution >= 0.6 is 34.5 Å². The van der Waals surface area contributed by atoms with Crippen LogP contribution in [0.2, 0.25) is 10.0 Å². The molecule has 23 heavy (non-hydrogen) atoms. The van der Waals surface area contributed by atoms with Crippen LogP contribution in [0.1, 0.15) is 26.4 Å². The van der Waals surface area contributed by atoms with Gasteiger partial charge in [-0.05, 0) is 47.7 Å². The van der Waals surface area contributed by atoms with Crippen molar-refractivity contribution in [2.24, 2.45) is 0 Å². The first-order chi connectivity index (χ1) is 11.0. The smallest absolute Gasteiger partial charge is 0.337 e. The topological polar surface area (TPSA) is 26.3 Å². The fourth-order valence-electron chi connectivity index (χ4n) is 2.61. The van der Waals surface area contributed by atoms with Gasteiger partial charge in [0.15, 0.2) is 0 Å². The van der Waals surface area contributed by atoms with Crippen LogP contribution in [0.4, 0.5) is 0 Å². The van der Waals surface area contributed by atoms with Gasteiger partial charge in [0.1, 0.15) is 0 Å². The number of hydrogen-bond donors (Lipinski definition) is 0. The molecule has 0 amide bonds. The summed E-state index contributed by atoms with van der Waals surface area (Å²) in [4.78, 5) is 13.0. The maximum Gasteiger partial charge on any atom is 0.337 e. The molecular formula is C18H14Cl2O2S. The fourth-order valence-corrected chi connectivity index (χ4v) is 4.06. The molecule has 1 heterocycles. The highest BCUT2D eigenvalue weighted by Crippen LogP contribution is 2.35. The fraction of sp³-hybridized carbons (Fsp3) is 0.167. The van der Waals surface area contributed by atoms with Gasteiger partial charge in [-0.15, -0.1) is 11.3 Å². The second-order valence-corrected chi connectivity index (χ2v) is 7.27. The van der Waals surface area contributed by atoms with Crippen molar-refractivity contribution >= 4 is 50.6 Å². The molecule has 0 bridgehead atoms. The minimum absolute atomic E-state index is 0.331. The third-order valence-corrected chi connectivity index (χ3v) is 5.80. The Kier molecular flexibility index (Phi) is 4.62. The van der Waals surface area contributed by atoms with Crippen LogP contribution in [0.15, 0.2) is 36.4 Å². The summed E-state index contributed by atoms with van der Waals surface area (Å²) in [7, 11) is 1.39. The summed E-state index contributed by atoms with van der Waals surface area (Å²) in [6.45, 7) is 2.08. The number of esters is 1. The monoisotopic (exact) mass is 364 g/mol. The molecule has 0 spiro atoms. The van der Waals surface area contributed by atoms with Crippen molar-refractivity contribution in [2.45, 2.75) is 13.3 Å². The number of carbonyl (C=O) groups is 1. The highest BCUT2D eigenvalue weighted by Gasteiger charge is 2.15. The third kappa shape index (κ3) is 3.09. The molecule has 118 valence electrons. The van der Waals surface area contributed by atoms with E-state index in [9.17, 15) is 4.79 Å². The third-order valence-electron chi connectivity index (χ3n) is 3.81. The molecule has 0 saturated heterocycles. The van der Waals surface area contributed by atoms with Crippen molar-refractivity contribution in [1.29, 1.82) is 0 Å². The summed E-state index contributed by atoms with van der Waals surface area (Å²) >= 11 is 14.1. The summed E-state index contributed by atoms with van der Waals surface area (Å²) < 4.78 is 5.95. The number of aryl methyl sites for hydroxylation is 1. The second kappa shape index (κ2) is 6.52. The van der Waals surface area contributed by atoms with Gasteiger partial charge in [-0.1, -0.05) is 35.3 Å². The van der Waals surface area contributed by atoms with Gasteiger partial charge in [0.25, 0.3) is 0 Å². The van der Waals surface area contributed by atoms with Crippen molar-refractivity contribution in [3.63, 3.8) is 0 Å². The van der Waals surface area contributed by atoms with Crippen LogP contribution in [-0.4, -0.2) is 13.1 Å². The quantitative estimate of drug-likeness (QED) is 0.541. The number of fused-ring (bicyclic) bond motifs is 1. The number of carbonyl (C=O) groups excluding carboxylic acids is 1. The predicted molar refractivity (Wildman–Crippen MR) is 97.2 cm³/mol. The molecule has 0 atom stereocenters. The zero-order chi connectivity index (χ0) is 16.6. The Balaban J connectivity index is 2.11. The summed E-state index contributed by atoms with van der Waals surface area (Å²) in [5.74, 6) is -0.331. The summed E-state index contributed by atoms with van der Waals surface area (Å²) in [6.07, 6.45) is 0.676. The maximum atomic E-state index is 11.8. The van der Waals surface area contributed by atoms with E-state index in [4.69, 9.17) is 27.9 Å². The van der Waals surface area contributed by atoms with E-state index in [0.29, 0.717) is 22.0 Å². The molecule has 0 N–H and O–H groups in total. The lowest BCUT2D eigenvalue weighted by Gasteiger charge is -2.07. The summed E-state index contributed by atoms with van der Waals surface area (Å²) in [5, 5.41) is 2.19. The Bertz CT molecular complexity index is 899. The van der Waals surface area contributed by atoms with Gasteiger partial charge in [0, 0.05) is 16.0 Å². The molecule has 3 aromatic rings. The van der Waals surface area contributed by atoms with Crippen LogP contribution in [0.5, 0.6) is 0 Å². The van der Waals surface area contributed by atoms with E-state index in [-0.39, 0.29) is 5.97 Å². The van der Waals surface area contributed by atoms with E-state index >= 15 is 0 Å². The molecule has 2 aromatic carbocycles. The Morgan fingerprint density at radius 3 is 2.74 bits per heavy atom. The number of halogens is 2. The first-order valence-corrected chi connectivity index (χ1v) is 8.61. The lowest BCUT2D eigenvalue weighted by molar-refractivity contribution is 0.0601. The molecule has 0 aliphatic carbocycles. The van der Waals surface area contributed by atoms with Crippen molar-refractivity contribution in [3.8, 4) is 0 Å². The predicted octanol–water partition coefficient (Wildman–Crippen LogP) is 5.89. The zero-order valence-electron chi connectivity index (χ0n) is 12.7. The Morgan fingerprint density at radius 1 is 1.22 bits per heavy atom. The number of rotatable bonds is 3. The van der Waals surface area contributed by atoms with E-state index in [2.05, 4.69) is 6.92 Å². The van der Waals surface area contributed by atoms with E-state index in [0.717, 1.165) is 15.6 Å². The molecule has 0 unspecified atom stereocenters. The van der Waals surface area contributed by atoms with Crippen LogP contribution in [0.3, 0.4) is 0 Å². The minimum atomic E-state index is -0.331. The minimum Gasteiger partial charge on any atom is -0.465 e. The van der Waals surface area contributed by atoms with Gasteiger partial charge >= 0.3 is 5.97 Å². The van der Waals surface area contributed by atoms with Crippen LogP contribution in [-0.2, 0) is 11.2 Å². The average Bonchev–Trinajstić information content (AvgIpc) is 2.86. The normalized spacial score (nSPS) is 11.0. The number of benzene rings is 2. The van der Waals surface area contributed by atoms with E-state index in [1.807, 2.05) is 24.3 Å². The molecule has 0 aliphatic heterocycles. The van der Waals surface area contributed by atoms with Gasteiger partial charge in [0.05, 0.1) is 22.7 Å². The van der Waals surface area contributed by atoms with Crippen LogP contribution in [0.25, 0.3) is 10.1 Å². The maximum absolute atomic E-state index is 11.8.